The van der Waals surface area contributed by atoms with E-state index >= 15 is 0 Å². The summed E-state index contributed by atoms with van der Waals surface area (Å²) in [6.45, 7) is 6.87. The van der Waals surface area contributed by atoms with Crippen molar-refractivity contribution < 1.29 is 22.4 Å². The summed E-state index contributed by atoms with van der Waals surface area (Å²) in [5.74, 6) is 0.723. The van der Waals surface area contributed by atoms with Crippen molar-refractivity contribution >= 4 is 20.6 Å². The Bertz CT molecular complexity index is 219. The number of hydrogen-bond donors (Lipinski definition) is 0. The first-order valence-electron chi connectivity index (χ1n) is 5.62. The first-order valence-corrected chi connectivity index (χ1v) is 8.10. The van der Waals surface area contributed by atoms with Crippen LogP contribution >= 0.6 is 7.92 Å². The molecule has 1 aromatic rings. The van der Waals surface area contributed by atoms with Crippen molar-refractivity contribution in [1.82, 2.24) is 0 Å². The summed E-state index contributed by atoms with van der Waals surface area (Å²) in [6.07, 6.45) is 4.26. The molecule has 1 aromatic carbocycles. The van der Waals surface area contributed by atoms with Gasteiger partial charge in [0.1, 0.15) is 0 Å². The van der Waals surface area contributed by atoms with Crippen LogP contribution < -0.4 is 0 Å². The molecule has 0 aliphatic carbocycles. The van der Waals surface area contributed by atoms with Crippen molar-refractivity contribution in [2.75, 3.05) is 18.5 Å². The van der Waals surface area contributed by atoms with E-state index in [0.717, 1.165) is 5.75 Å². The first-order chi connectivity index (χ1) is 7.28. The monoisotopic (exact) mass is 438 g/mol. The Morgan fingerprint density at radius 1 is 0.938 bits per heavy atom. The molecule has 1 rings (SSSR count). The van der Waals surface area contributed by atoms with E-state index in [1.165, 1.54) is 24.0 Å². The number of rotatable bonds is 4. The van der Waals surface area contributed by atoms with Gasteiger partial charge in [0.2, 0.25) is 0 Å². The van der Waals surface area contributed by atoms with E-state index in [1.54, 1.807) is 0 Å². The maximum Gasteiger partial charge on any atom is 1.00 e. The van der Waals surface area contributed by atoms with Crippen molar-refractivity contribution in [3.63, 3.8) is 0 Å². The molecule has 0 aliphatic rings. The van der Waals surface area contributed by atoms with E-state index in [0.29, 0.717) is 7.92 Å². The van der Waals surface area contributed by atoms with E-state index in [4.69, 9.17) is 12.6 Å². The molecule has 0 N–H and O–H groups in total. The van der Waals surface area contributed by atoms with Gasteiger partial charge < -0.3 is 12.6 Å². The molecule has 0 spiro atoms. The first kappa shape index (κ1) is 19.1. The maximum absolute atomic E-state index is 4.82. The molecule has 0 aliphatic heterocycles. The van der Waals surface area contributed by atoms with Crippen molar-refractivity contribution in [3.05, 3.63) is 35.9 Å². The third-order valence-corrected chi connectivity index (χ3v) is 5.37. The molecule has 16 heavy (non-hydrogen) atoms. The predicted octanol–water partition coefficient (Wildman–Crippen LogP) is 4.26. The van der Waals surface area contributed by atoms with Crippen LogP contribution in [0.4, 0.5) is 0 Å². The second-order valence-corrected chi connectivity index (χ2v) is 6.78. The van der Waals surface area contributed by atoms with Gasteiger partial charge in [-0.05, 0) is 18.5 Å². The minimum atomic E-state index is 0. The Balaban J connectivity index is 0. The smallest absolute Gasteiger partial charge is 0.788 e. The van der Waals surface area contributed by atoms with Crippen molar-refractivity contribution in [1.29, 1.82) is 0 Å². The molecule has 0 fully saturated rings. The Labute approximate surface area is 123 Å². The number of benzene rings is 1. The van der Waals surface area contributed by atoms with E-state index < -0.39 is 0 Å². The van der Waals surface area contributed by atoms with Gasteiger partial charge in [0.15, 0.2) is 0 Å². The summed E-state index contributed by atoms with van der Waals surface area (Å²) in [4.78, 5) is 0. The van der Waals surface area contributed by atoms with Gasteiger partial charge in [-0.3, -0.25) is 0 Å². The second kappa shape index (κ2) is 13.8. The molecule has 0 saturated carbocycles. The topological polar surface area (TPSA) is 0 Å². The van der Waals surface area contributed by atoms with Crippen LogP contribution in [0.3, 0.4) is 0 Å². The molecular formula is C13H22AuPS. The zero-order valence-electron chi connectivity index (χ0n) is 10.4. The SMILES string of the molecule is CCP(CC)CC.[Au+].[S-]Cc1ccccc1. The zero-order valence-corrected chi connectivity index (χ0v) is 14.2. The van der Waals surface area contributed by atoms with Crippen molar-refractivity contribution in [2.45, 2.75) is 26.5 Å². The van der Waals surface area contributed by atoms with Crippen LogP contribution in [-0.2, 0) is 40.8 Å². The molecule has 3 heteroatoms. The van der Waals surface area contributed by atoms with E-state index in [-0.39, 0.29) is 22.4 Å². The fourth-order valence-electron chi connectivity index (χ4n) is 1.25. The Hall–Kier alpha value is 0.740. The molecule has 0 bridgehead atoms. The second-order valence-electron chi connectivity index (χ2n) is 3.25. The molecule has 0 nitrogen and oxygen atoms in total. The fourth-order valence-corrected chi connectivity index (χ4v) is 2.78. The van der Waals surface area contributed by atoms with Crippen LogP contribution in [-0.4, -0.2) is 18.5 Å². The Kier molecular flexibility index (Phi) is 16.5. The van der Waals surface area contributed by atoms with Gasteiger partial charge in [-0.2, -0.15) is 5.75 Å². The summed E-state index contributed by atoms with van der Waals surface area (Å²) in [6, 6.07) is 10.1. The van der Waals surface area contributed by atoms with Gasteiger partial charge in [-0.1, -0.05) is 56.7 Å². The average molecular weight is 438 g/mol. The van der Waals surface area contributed by atoms with Crippen LogP contribution in [0.25, 0.3) is 0 Å². The summed E-state index contributed by atoms with van der Waals surface area (Å²) >= 11 is 4.82. The van der Waals surface area contributed by atoms with Crippen LogP contribution in [0.15, 0.2) is 30.3 Å². The quantitative estimate of drug-likeness (QED) is 0.385. The molecule has 0 heterocycles. The summed E-state index contributed by atoms with van der Waals surface area (Å²) in [7, 11) is 0.446. The molecule has 0 aromatic heterocycles. The molecule has 0 radical (unpaired) electrons. The Morgan fingerprint density at radius 2 is 1.38 bits per heavy atom. The van der Waals surface area contributed by atoms with Crippen LogP contribution in [0.5, 0.6) is 0 Å². The minimum absolute atomic E-state index is 0. The minimum Gasteiger partial charge on any atom is -0.788 e. The summed E-state index contributed by atoms with van der Waals surface area (Å²) in [5.41, 5.74) is 1.22. The summed E-state index contributed by atoms with van der Waals surface area (Å²) in [5, 5.41) is 0. The van der Waals surface area contributed by atoms with Crippen LogP contribution in [0.2, 0.25) is 0 Å². The largest absolute Gasteiger partial charge is 1.00 e. The summed E-state index contributed by atoms with van der Waals surface area (Å²) < 4.78 is 0. The normalized spacial score (nSPS) is 9.06. The van der Waals surface area contributed by atoms with Crippen LogP contribution in [0.1, 0.15) is 26.3 Å². The molecule has 0 atom stereocenters. The third kappa shape index (κ3) is 9.93. The van der Waals surface area contributed by atoms with E-state index in [2.05, 4.69) is 20.8 Å². The van der Waals surface area contributed by atoms with Gasteiger partial charge in [0.25, 0.3) is 0 Å². The van der Waals surface area contributed by atoms with Gasteiger partial charge in [0, 0.05) is 0 Å². The molecule has 0 amide bonds. The standard InChI is InChI=1S/C7H8S.C6H15P.Au/c8-6-7-4-2-1-3-5-7;1-4-7(5-2)6-3;/h1-5,8H,6H2;4-6H2,1-3H3;/q;;+1/p-1. The van der Waals surface area contributed by atoms with Gasteiger partial charge >= 0.3 is 22.4 Å². The molecule has 0 saturated heterocycles. The third-order valence-electron chi connectivity index (χ3n) is 2.35. The van der Waals surface area contributed by atoms with E-state index in [1.807, 2.05) is 30.3 Å². The number of hydrogen-bond acceptors (Lipinski definition) is 1. The zero-order chi connectivity index (χ0) is 11.5. The van der Waals surface area contributed by atoms with Gasteiger partial charge in [-0.25, -0.2) is 0 Å². The molecule has 0 unspecified atom stereocenters. The van der Waals surface area contributed by atoms with E-state index in [9.17, 15) is 0 Å². The Morgan fingerprint density at radius 3 is 1.56 bits per heavy atom. The van der Waals surface area contributed by atoms with Gasteiger partial charge in [-0.15, -0.1) is 7.92 Å². The average Bonchev–Trinajstić information content (AvgIpc) is 2.33. The fraction of sp³-hybridized carbons (Fsp3) is 0.538. The molecular weight excluding hydrogens is 416 g/mol. The molecule has 96 valence electrons. The maximum atomic E-state index is 4.82. The van der Waals surface area contributed by atoms with Gasteiger partial charge in [0.05, 0.1) is 0 Å². The van der Waals surface area contributed by atoms with Crippen LogP contribution in [0, 0.1) is 0 Å². The van der Waals surface area contributed by atoms with Crippen molar-refractivity contribution in [2.24, 2.45) is 0 Å². The predicted molar refractivity (Wildman–Crippen MR) is 76.1 cm³/mol. The van der Waals surface area contributed by atoms with Crippen molar-refractivity contribution in [3.8, 4) is 0 Å².